The number of Topliss-reactive ketones (excluding diaryl/α,β-unsaturated/α-hetero) is 1. The minimum Gasteiger partial charge on any atom is -0.490 e. The van der Waals surface area contributed by atoms with Gasteiger partial charge < -0.3 is 29.7 Å². The van der Waals surface area contributed by atoms with Gasteiger partial charge in [-0.05, 0) is 43.0 Å². The number of hydrogen-bond acceptors (Lipinski definition) is 7. The molecule has 0 atom stereocenters. The molecule has 0 spiro atoms. The first-order chi connectivity index (χ1) is 18.0. The summed E-state index contributed by atoms with van der Waals surface area (Å²) < 4.78 is 32.5. The van der Waals surface area contributed by atoms with Crippen LogP contribution in [0.4, 0.5) is 10.1 Å². The van der Waals surface area contributed by atoms with Gasteiger partial charge in [0.25, 0.3) is 0 Å². The van der Waals surface area contributed by atoms with Gasteiger partial charge in [0.2, 0.25) is 5.91 Å². The predicted octanol–water partition coefficient (Wildman–Crippen LogP) is 4.21. The van der Waals surface area contributed by atoms with Crippen molar-refractivity contribution in [2.24, 2.45) is 5.73 Å². The molecule has 39 heavy (non-hydrogen) atoms. The number of benzene rings is 2. The van der Waals surface area contributed by atoms with Gasteiger partial charge in [-0.15, -0.1) is 17.0 Å². The lowest BCUT2D eigenvalue weighted by Crippen LogP contribution is -2.40. The third-order valence-corrected chi connectivity index (χ3v) is 6.60. The van der Waals surface area contributed by atoms with E-state index in [0.29, 0.717) is 42.3 Å². The first-order valence-corrected chi connectivity index (χ1v) is 12.8. The number of halogens is 2. The molecule has 3 N–H and O–H groups in total. The largest absolute Gasteiger partial charge is 0.490 e. The lowest BCUT2D eigenvalue weighted by molar-refractivity contribution is -0.116. The monoisotopic (exact) mass is 606 g/mol. The molecule has 2 aromatic rings. The number of ether oxygens (including phenoxy) is 3. The van der Waals surface area contributed by atoms with Gasteiger partial charge in [-0.1, -0.05) is 20.8 Å². The van der Waals surface area contributed by atoms with Crippen molar-refractivity contribution in [2.75, 3.05) is 44.4 Å². The lowest BCUT2D eigenvalue weighted by atomic mass is 9.84. The molecule has 1 amide bonds. The summed E-state index contributed by atoms with van der Waals surface area (Å²) in [5.41, 5.74) is 7.70. The first-order valence-electron chi connectivity index (χ1n) is 12.8. The summed E-state index contributed by atoms with van der Waals surface area (Å²) in [7, 11) is 0. The fourth-order valence-corrected chi connectivity index (χ4v) is 4.87. The number of amides is 1. The number of primary amides is 1. The molecule has 2 aliphatic heterocycles. The molecule has 0 saturated heterocycles. The number of carbonyl (C=O) groups excluding carboxylic acids is 2. The molecule has 2 aromatic carbocycles. The number of fused-ring (bicyclic) bond motifs is 2. The first kappa shape index (κ1) is 30.2. The van der Waals surface area contributed by atoms with Crippen LogP contribution in [-0.2, 0) is 16.8 Å². The average molecular weight is 608 g/mol. The van der Waals surface area contributed by atoms with E-state index in [-0.39, 0.29) is 77.3 Å². The van der Waals surface area contributed by atoms with Gasteiger partial charge in [0.05, 0.1) is 44.1 Å². The number of ketones is 1. The number of anilines is 1. The summed E-state index contributed by atoms with van der Waals surface area (Å²) in [5, 5.41) is 8.65. The molecule has 0 aliphatic carbocycles. The topological polar surface area (TPSA) is 118 Å². The second kappa shape index (κ2) is 11.8. The highest BCUT2D eigenvalue weighted by Gasteiger charge is 2.34. The van der Waals surface area contributed by atoms with Gasteiger partial charge in [-0.25, -0.2) is 4.39 Å². The SMILES string of the molecule is Br.CCOc1cc2c(c(F)c1OCC)C(=N)N(CC(=O)c1cc3c(c(C(C)(C)C)c1)OCCN3CC(N)=O)C2. The van der Waals surface area contributed by atoms with Gasteiger partial charge in [0.1, 0.15) is 18.2 Å². The zero-order valence-electron chi connectivity index (χ0n) is 23.0. The van der Waals surface area contributed by atoms with Gasteiger partial charge >= 0.3 is 0 Å². The molecule has 11 heteroatoms. The van der Waals surface area contributed by atoms with E-state index in [2.05, 4.69) is 0 Å². The van der Waals surface area contributed by atoms with E-state index in [1.807, 2.05) is 31.7 Å². The number of carbonyl (C=O) groups is 2. The van der Waals surface area contributed by atoms with Gasteiger partial charge in [-0.3, -0.25) is 15.0 Å². The Morgan fingerprint density at radius 3 is 2.41 bits per heavy atom. The van der Waals surface area contributed by atoms with Crippen molar-refractivity contribution in [3.63, 3.8) is 0 Å². The van der Waals surface area contributed by atoms with Gasteiger partial charge in [0, 0.05) is 17.7 Å². The number of nitrogens with two attached hydrogens (primary N) is 1. The molecule has 4 rings (SSSR count). The van der Waals surface area contributed by atoms with E-state index in [0.717, 1.165) is 5.56 Å². The second-order valence-electron chi connectivity index (χ2n) is 10.4. The Bertz CT molecular complexity index is 1290. The summed E-state index contributed by atoms with van der Waals surface area (Å²) in [6.07, 6.45) is 0. The Morgan fingerprint density at radius 2 is 1.79 bits per heavy atom. The standard InChI is InChI=1S/C28H35FN4O5.BrH/c1-6-36-21-12-17-13-33(27(31)23(17)24(29)26(21)37-7-2)14-20(34)16-10-18(28(3,4)5)25-19(11-16)32(8-9-38-25)15-22(30)35;/h10-12,31H,6-9,13-15H2,1-5H3,(H2,30,35);1H. The molecule has 2 heterocycles. The normalized spacial score (nSPS) is 14.3. The minimum atomic E-state index is -0.657. The fourth-order valence-electron chi connectivity index (χ4n) is 4.87. The van der Waals surface area contributed by atoms with Crippen LogP contribution < -0.4 is 24.8 Å². The smallest absolute Gasteiger partial charge is 0.236 e. The van der Waals surface area contributed by atoms with Crippen LogP contribution >= 0.6 is 17.0 Å². The second-order valence-corrected chi connectivity index (χ2v) is 10.4. The van der Waals surface area contributed by atoms with E-state index in [1.165, 1.54) is 4.90 Å². The lowest BCUT2D eigenvalue weighted by Gasteiger charge is -2.35. The highest BCUT2D eigenvalue weighted by Crippen LogP contribution is 2.43. The summed E-state index contributed by atoms with van der Waals surface area (Å²) in [5.74, 6) is -0.558. The van der Waals surface area contributed by atoms with Crippen LogP contribution in [0, 0.1) is 11.2 Å². The van der Waals surface area contributed by atoms with Gasteiger partial charge in [-0.2, -0.15) is 0 Å². The third-order valence-electron chi connectivity index (χ3n) is 6.60. The van der Waals surface area contributed by atoms with Crippen LogP contribution in [0.15, 0.2) is 18.2 Å². The quantitative estimate of drug-likeness (QED) is 0.410. The molecule has 0 unspecified atom stereocenters. The van der Waals surface area contributed by atoms with Crippen molar-refractivity contribution < 1.29 is 28.2 Å². The third kappa shape index (κ3) is 5.98. The summed E-state index contributed by atoms with van der Waals surface area (Å²) >= 11 is 0. The molecular weight excluding hydrogens is 571 g/mol. The number of amidine groups is 1. The number of rotatable bonds is 9. The molecule has 0 saturated carbocycles. The maximum atomic E-state index is 15.4. The maximum Gasteiger partial charge on any atom is 0.236 e. The van der Waals surface area contributed by atoms with E-state index < -0.39 is 11.7 Å². The molecule has 9 nitrogen and oxygen atoms in total. The molecule has 0 fully saturated rings. The van der Waals surface area contributed by atoms with Crippen molar-refractivity contribution in [1.82, 2.24) is 4.90 Å². The zero-order valence-corrected chi connectivity index (χ0v) is 24.7. The predicted molar refractivity (Wildman–Crippen MR) is 153 cm³/mol. The fraction of sp³-hybridized carbons (Fsp3) is 0.464. The van der Waals surface area contributed by atoms with Crippen molar-refractivity contribution >= 4 is 40.2 Å². The van der Waals surface area contributed by atoms with Crippen LogP contribution in [-0.4, -0.2) is 61.9 Å². The number of hydrogen-bond donors (Lipinski definition) is 2. The van der Waals surface area contributed by atoms with Crippen molar-refractivity contribution in [1.29, 1.82) is 5.41 Å². The van der Waals surface area contributed by atoms with Crippen LogP contribution in [0.2, 0.25) is 0 Å². The maximum absolute atomic E-state index is 15.4. The Kier molecular flexibility index (Phi) is 9.15. The zero-order chi connectivity index (χ0) is 27.8. The van der Waals surface area contributed by atoms with E-state index in [4.69, 9.17) is 25.4 Å². The van der Waals surface area contributed by atoms with Crippen molar-refractivity contribution in [3.8, 4) is 17.2 Å². The summed E-state index contributed by atoms with van der Waals surface area (Å²) in [6.45, 7) is 11.1. The minimum absolute atomic E-state index is 0. The van der Waals surface area contributed by atoms with E-state index in [9.17, 15) is 9.59 Å². The van der Waals surface area contributed by atoms with E-state index in [1.54, 1.807) is 26.0 Å². The van der Waals surface area contributed by atoms with Gasteiger partial charge in [0.15, 0.2) is 23.1 Å². The summed E-state index contributed by atoms with van der Waals surface area (Å²) in [4.78, 5) is 28.6. The molecular formula is C28H36BrFN4O5. The average Bonchev–Trinajstić information content (AvgIpc) is 3.15. The number of nitrogens with one attached hydrogen (secondary N) is 1. The summed E-state index contributed by atoms with van der Waals surface area (Å²) in [6, 6.07) is 5.20. The highest BCUT2D eigenvalue weighted by atomic mass is 79.9. The van der Waals surface area contributed by atoms with E-state index >= 15 is 4.39 Å². The Labute approximate surface area is 238 Å². The molecule has 0 bridgehead atoms. The number of nitrogens with zero attached hydrogens (tertiary/aromatic N) is 2. The van der Waals surface area contributed by atoms with Crippen molar-refractivity contribution in [3.05, 3.63) is 46.3 Å². The Balaban J connectivity index is 0.00000420. The van der Waals surface area contributed by atoms with Crippen LogP contribution in [0.25, 0.3) is 0 Å². The Hall–Kier alpha value is -3.34. The highest BCUT2D eigenvalue weighted by molar-refractivity contribution is 8.93. The molecule has 0 radical (unpaired) electrons. The van der Waals surface area contributed by atoms with Crippen molar-refractivity contribution in [2.45, 2.75) is 46.6 Å². The van der Waals surface area contributed by atoms with Crippen LogP contribution in [0.5, 0.6) is 17.2 Å². The molecule has 2 aliphatic rings. The van der Waals surface area contributed by atoms with Crippen LogP contribution in [0.1, 0.15) is 61.7 Å². The molecule has 0 aromatic heterocycles. The molecule has 212 valence electrons. The van der Waals surface area contributed by atoms with Crippen LogP contribution in [0.3, 0.4) is 0 Å². The Morgan fingerprint density at radius 1 is 1.10 bits per heavy atom.